The minimum atomic E-state index is -0.237. The van der Waals surface area contributed by atoms with Gasteiger partial charge < -0.3 is 5.32 Å². The van der Waals surface area contributed by atoms with Crippen LogP contribution in [0.2, 0.25) is 5.02 Å². The number of carbonyl (C=O) groups is 1. The number of aromatic nitrogens is 3. The summed E-state index contributed by atoms with van der Waals surface area (Å²) < 4.78 is 2.02. The molecule has 0 bridgehead atoms. The quantitative estimate of drug-likeness (QED) is 0.610. The van der Waals surface area contributed by atoms with Gasteiger partial charge in [-0.3, -0.25) is 9.36 Å². The van der Waals surface area contributed by atoms with Crippen LogP contribution in [0.3, 0.4) is 0 Å². The molecule has 8 heteroatoms. The number of amides is 1. The van der Waals surface area contributed by atoms with E-state index in [1.807, 2.05) is 41.0 Å². The molecule has 0 radical (unpaired) electrons. The van der Waals surface area contributed by atoms with Crippen molar-refractivity contribution in [1.82, 2.24) is 14.8 Å². The van der Waals surface area contributed by atoms with Crippen molar-refractivity contribution in [3.8, 4) is 11.8 Å². The van der Waals surface area contributed by atoms with Gasteiger partial charge in [-0.2, -0.15) is 5.26 Å². The first-order valence-corrected chi connectivity index (χ1v) is 10.1. The summed E-state index contributed by atoms with van der Waals surface area (Å²) in [6.07, 6.45) is 2.23. The minimum Gasteiger partial charge on any atom is -0.324 e. The van der Waals surface area contributed by atoms with E-state index in [0.29, 0.717) is 27.3 Å². The van der Waals surface area contributed by atoms with Crippen LogP contribution in [0.5, 0.6) is 0 Å². The maximum Gasteiger partial charge on any atom is 0.234 e. The van der Waals surface area contributed by atoms with Crippen LogP contribution in [-0.2, 0) is 4.79 Å². The zero-order valence-corrected chi connectivity index (χ0v) is 16.4. The Morgan fingerprint density at radius 1 is 1.25 bits per heavy atom. The lowest BCUT2D eigenvalue weighted by Gasteiger charge is -2.10. The fourth-order valence-corrected chi connectivity index (χ4v) is 3.77. The molecule has 28 heavy (non-hydrogen) atoms. The largest absolute Gasteiger partial charge is 0.324 e. The Morgan fingerprint density at radius 2 is 2.04 bits per heavy atom. The number of hydrogen-bond donors (Lipinski definition) is 1. The third kappa shape index (κ3) is 4.03. The molecule has 0 unspecified atom stereocenters. The first-order valence-electron chi connectivity index (χ1n) is 8.78. The summed E-state index contributed by atoms with van der Waals surface area (Å²) in [4.78, 5) is 12.4. The summed E-state index contributed by atoms with van der Waals surface area (Å²) in [7, 11) is 0. The summed E-state index contributed by atoms with van der Waals surface area (Å²) in [5.74, 6) is 1.28. The molecule has 3 aromatic rings. The minimum absolute atomic E-state index is 0.146. The number of nitriles is 1. The number of para-hydroxylation sites is 1. The number of halogens is 1. The number of benzene rings is 2. The lowest BCUT2D eigenvalue weighted by atomic mass is 10.2. The molecule has 140 valence electrons. The predicted octanol–water partition coefficient (Wildman–Crippen LogP) is 4.40. The van der Waals surface area contributed by atoms with Gasteiger partial charge in [0, 0.05) is 16.6 Å². The van der Waals surface area contributed by atoms with Gasteiger partial charge in [-0.05, 0) is 43.2 Å². The molecule has 1 fully saturated rings. The van der Waals surface area contributed by atoms with E-state index >= 15 is 0 Å². The molecule has 1 aromatic heterocycles. The van der Waals surface area contributed by atoms with Crippen LogP contribution in [0.1, 0.15) is 30.1 Å². The van der Waals surface area contributed by atoms with Gasteiger partial charge in [0.25, 0.3) is 0 Å². The fraction of sp³-hybridized carbons (Fsp3) is 0.200. The van der Waals surface area contributed by atoms with Crippen LogP contribution >= 0.6 is 23.4 Å². The lowest BCUT2D eigenvalue weighted by molar-refractivity contribution is -0.113. The molecule has 0 saturated heterocycles. The van der Waals surface area contributed by atoms with Crippen LogP contribution in [-0.4, -0.2) is 26.4 Å². The number of rotatable bonds is 6. The summed E-state index contributed by atoms with van der Waals surface area (Å²) in [5.41, 5.74) is 1.76. The summed E-state index contributed by atoms with van der Waals surface area (Å²) in [6, 6.07) is 16.7. The van der Waals surface area contributed by atoms with Crippen molar-refractivity contribution in [2.24, 2.45) is 0 Å². The van der Waals surface area contributed by atoms with E-state index in [-0.39, 0.29) is 11.7 Å². The Balaban J connectivity index is 1.51. The second-order valence-corrected chi connectivity index (χ2v) is 7.80. The molecule has 0 atom stereocenters. The van der Waals surface area contributed by atoms with Crippen molar-refractivity contribution in [1.29, 1.82) is 5.26 Å². The number of carbonyl (C=O) groups excluding carboxylic acids is 1. The molecular formula is C20H16ClN5OS. The highest BCUT2D eigenvalue weighted by Crippen LogP contribution is 2.41. The van der Waals surface area contributed by atoms with Gasteiger partial charge in [0.05, 0.1) is 17.0 Å². The third-order valence-electron chi connectivity index (χ3n) is 4.32. The number of nitrogens with one attached hydrogen (secondary N) is 1. The van der Waals surface area contributed by atoms with Gasteiger partial charge in [-0.25, -0.2) is 0 Å². The number of anilines is 1. The van der Waals surface area contributed by atoms with Crippen LogP contribution in [0.4, 0.5) is 5.69 Å². The van der Waals surface area contributed by atoms with Gasteiger partial charge in [-0.15, -0.1) is 10.2 Å². The zero-order valence-electron chi connectivity index (χ0n) is 14.8. The van der Waals surface area contributed by atoms with E-state index in [2.05, 4.69) is 15.5 Å². The fourth-order valence-electron chi connectivity index (χ4n) is 2.83. The summed E-state index contributed by atoms with van der Waals surface area (Å²) >= 11 is 7.28. The normalized spacial score (nSPS) is 13.1. The standard InChI is InChI=1S/C20H16ClN5OS/c21-15-9-8-14(11-22)17(10-15)23-18(27)12-28-20-25-24-19(13-6-7-13)26(20)16-4-2-1-3-5-16/h1-5,8-10,13H,6-7,12H2,(H,23,27). The Hall–Kier alpha value is -2.82. The molecule has 1 aliphatic rings. The van der Waals surface area contributed by atoms with Gasteiger partial charge >= 0.3 is 0 Å². The highest BCUT2D eigenvalue weighted by molar-refractivity contribution is 7.99. The van der Waals surface area contributed by atoms with Crippen molar-refractivity contribution in [3.63, 3.8) is 0 Å². The van der Waals surface area contributed by atoms with Gasteiger partial charge in [-0.1, -0.05) is 41.6 Å². The summed E-state index contributed by atoms with van der Waals surface area (Å²) in [5, 5.41) is 21.7. The number of nitrogens with zero attached hydrogens (tertiary/aromatic N) is 4. The van der Waals surface area contributed by atoms with Crippen molar-refractivity contribution in [2.75, 3.05) is 11.1 Å². The average Bonchev–Trinajstić information content (AvgIpc) is 3.46. The van der Waals surface area contributed by atoms with Crippen molar-refractivity contribution >= 4 is 35.0 Å². The molecular weight excluding hydrogens is 394 g/mol. The molecule has 0 aliphatic heterocycles. The molecule has 1 saturated carbocycles. The van der Waals surface area contributed by atoms with Crippen LogP contribution in [0.25, 0.3) is 5.69 Å². The maximum atomic E-state index is 12.4. The Bertz CT molecular complexity index is 1060. The molecule has 4 rings (SSSR count). The highest BCUT2D eigenvalue weighted by atomic mass is 35.5. The van der Waals surface area contributed by atoms with Gasteiger partial charge in [0.15, 0.2) is 5.16 Å². The molecule has 1 N–H and O–H groups in total. The van der Waals surface area contributed by atoms with E-state index in [9.17, 15) is 10.1 Å². The van der Waals surface area contributed by atoms with E-state index in [1.165, 1.54) is 11.8 Å². The molecule has 6 nitrogen and oxygen atoms in total. The van der Waals surface area contributed by atoms with Gasteiger partial charge in [0.1, 0.15) is 11.9 Å². The second-order valence-electron chi connectivity index (χ2n) is 6.42. The molecule has 2 aromatic carbocycles. The lowest BCUT2D eigenvalue weighted by Crippen LogP contribution is -2.15. The van der Waals surface area contributed by atoms with Crippen molar-refractivity contribution < 1.29 is 4.79 Å². The molecule has 1 heterocycles. The van der Waals surface area contributed by atoms with Crippen LogP contribution in [0, 0.1) is 11.3 Å². The van der Waals surface area contributed by atoms with Crippen molar-refractivity contribution in [2.45, 2.75) is 23.9 Å². The SMILES string of the molecule is N#Cc1ccc(Cl)cc1NC(=O)CSc1nnc(C2CC2)n1-c1ccccc1. The van der Waals surface area contributed by atoms with Crippen LogP contribution < -0.4 is 5.32 Å². The predicted molar refractivity (Wildman–Crippen MR) is 109 cm³/mol. The average molecular weight is 410 g/mol. The first-order chi connectivity index (χ1) is 13.7. The number of thioether (sulfide) groups is 1. The zero-order chi connectivity index (χ0) is 19.5. The molecule has 1 amide bonds. The second kappa shape index (κ2) is 8.05. The first kappa shape index (κ1) is 18.5. The number of hydrogen-bond acceptors (Lipinski definition) is 5. The maximum absolute atomic E-state index is 12.4. The topological polar surface area (TPSA) is 83.6 Å². The Labute approximate surface area is 171 Å². The van der Waals surface area contributed by atoms with Gasteiger partial charge in [0.2, 0.25) is 5.91 Å². The molecule has 1 aliphatic carbocycles. The van der Waals surface area contributed by atoms with E-state index in [4.69, 9.17) is 11.6 Å². The summed E-state index contributed by atoms with van der Waals surface area (Å²) in [6.45, 7) is 0. The molecule has 0 spiro atoms. The van der Waals surface area contributed by atoms with E-state index in [1.54, 1.807) is 18.2 Å². The Morgan fingerprint density at radius 3 is 2.75 bits per heavy atom. The van der Waals surface area contributed by atoms with Crippen LogP contribution in [0.15, 0.2) is 53.7 Å². The smallest absolute Gasteiger partial charge is 0.234 e. The van der Waals surface area contributed by atoms with Crippen molar-refractivity contribution in [3.05, 3.63) is 64.9 Å². The third-order valence-corrected chi connectivity index (χ3v) is 5.49. The van der Waals surface area contributed by atoms with E-state index in [0.717, 1.165) is 24.4 Å². The van der Waals surface area contributed by atoms with E-state index < -0.39 is 0 Å². The highest BCUT2D eigenvalue weighted by Gasteiger charge is 2.31. The monoisotopic (exact) mass is 409 g/mol. The Kier molecular flexibility index (Phi) is 5.33.